The van der Waals surface area contributed by atoms with Crippen LogP contribution in [-0.2, 0) is 10.0 Å². The van der Waals surface area contributed by atoms with E-state index in [2.05, 4.69) is 4.72 Å². The van der Waals surface area contributed by atoms with Crippen LogP contribution < -0.4 is 14.2 Å². The largest absolute Gasteiger partial charge is 0.486 e. The lowest BCUT2D eigenvalue weighted by molar-refractivity contribution is -0.385. The number of carbonyl (C=O) groups is 1. The van der Waals surface area contributed by atoms with Crippen molar-refractivity contribution < 1.29 is 27.6 Å². The lowest BCUT2D eigenvalue weighted by Gasteiger charge is -2.32. The molecule has 1 N–H and O–H groups in total. The van der Waals surface area contributed by atoms with Gasteiger partial charge in [-0.1, -0.05) is 6.07 Å². The van der Waals surface area contributed by atoms with E-state index in [1.54, 1.807) is 11.4 Å². The highest BCUT2D eigenvalue weighted by Gasteiger charge is 2.32. The fourth-order valence-electron chi connectivity index (χ4n) is 3.47. The quantitative estimate of drug-likeness (QED) is 0.542. The minimum absolute atomic E-state index is 0.0677. The molecule has 0 aliphatic carbocycles. The van der Waals surface area contributed by atoms with Crippen LogP contribution in [-0.4, -0.2) is 56.5 Å². The number of amides is 1. The number of nitrogens with one attached hydrogen (secondary N) is 1. The first kappa shape index (κ1) is 20.6. The van der Waals surface area contributed by atoms with Gasteiger partial charge in [-0.15, -0.1) is 11.3 Å². The number of fused-ring (bicyclic) bond motifs is 1. The smallest absolute Gasteiger partial charge is 0.286 e. The minimum atomic E-state index is -3.59. The molecular formula is C18H19N3O7S2. The molecule has 10 nitrogen and oxygen atoms in total. The van der Waals surface area contributed by atoms with Crippen LogP contribution in [0.5, 0.6) is 11.5 Å². The van der Waals surface area contributed by atoms with Crippen molar-refractivity contribution in [2.24, 2.45) is 0 Å². The van der Waals surface area contributed by atoms with Gasteiger partial charge >= 0.3 is 0 Å². The molecule has 0 radical (unpaired) electrons. The molecule has 2 aromatic rings. The number of benzene rings is 1. The molecule has 3 heterocycles. The topological polar surface area (TPSA) is 128 Å². The fraction of sp³-hybridized carbons (Fsp3) is 0.389. The summed E-state index contributed by atoms with van der Waals surface area (Å²) in [4.78, 5) is 25.3. The van der Waals surface area contributed by atoms with Crippen molar-refractivity contribution in [3.8, 4) is 11.5 Å². The molecule has 1 aromatic heterocycles. The van der Waals surface area contributed by atoms with E-state index in [9.17, 15) is 23.3 Å². The second kappa shape index (κ2) is 8.20. The van der Waals surface area contributed by atoms with Crippen LogP contribution in [0.15, 0.2) is 33.9 Å². The van der Waals surface area contributed by atoms with E-state index in [0.29, 0.717) is 25.2 Å². The van der Waals surface area contributed by atoms with Gasteiger partial charge in [-0.2, -0.15) is 0 Å². The Morgan fingerprint density at radius 3 is 2.47 bits per heavy atom. The fourth-order valence-corrected chi connectivity index (χ4v) is 5.78. The Hall–Kier alpha value is -2.70. The first-order valence-corrected chi connectivity index (χ1v) is 11.6. The standard InChI is InChI=1S/C18H19N3O7S2/c22-18(13-10-15-16(28-8-7-27-15)11-14(13)21(23)24)20-5-3-12(4-6-20)19-30(25,26)17-2-1-9-29-17/h1-2,9-12,19H,3-8H2. The predicted molar refractivity (Wildman–Crippen MR) is 108 cm³/mol. The summed E-state index contributed by atoms with van der Waals surface area (Å²) in [6, 6.07) is 5.45. The lowest BCUT2D eigenvalue weighted by atomic mass is 10.0. The molecular weight excluding hydrogens is 434 g/mol. The Balaban J connectivity index is 1.46. The summed E-state index contributed by atoms with van der Waals surface area (Å²) in [5.74, 6) is 0.0539. The van der Waals surface area contributed by atoms with Crippen molar-refractivity contribution in [2.45, 2.75) is 23.1 Å². The summed E-state index contributed by atoms with van der Waals surface area (Å²) in [5, 5.41) is 13.2. The van der Waals surface area contributed by atoms with Gasteiger partial charge in [0.1, 0.15) is 23.0 Å². The minimum Gasteiger partial charge on any atom is -0.486 e. The van der Waals surface area contributed by atoms with Gasteiger partial charge in [-0.3, -0.25) is 14.9 Å². The maximum absolute atomic E-state index is 13.0. The summed E-state index contributed by atoms with van der Waals surface area (Å²) in [7, 11) is -3.59. The highest BCUT2D eigenvalue weighted by atomic mass is 32.2. The molecule has 4 rings (SSSR count). The number of nitro groups is 1. The van der Waals surface area contributed by atoms with Gasteiger partial charge in [-0.05, 0) is 24.3 Å². The summed E-state index contributed by atoms with van der Waals surface area (Å²) >= 11 is 1.14. The molecule has 1 saturated heterocycles. The average Bonchev–Trinajstić information content (AvgIpc) is 3.28. The normalized spacial score (nSPS) is 17.0. The van der Waals surface area contributed by atoms with E-state index in [0.717, 1.165) is 11.3 Å². The van der Waals surface area contributed by atoms with Crippen LogP contribution in [0, 0.1) is 10.1 Å². The van der Waals surface area contributed by atoms with Gasteiger partial charge in [0.25, 0.3) is 11.6 Å². The number of piperidine rings is 1. The van der Waals surface area contributed by atoms with Gasteiger partial charge in [0.2, 0.25) is 10.0 Å². The van der Waals surface area contributed by atoms with Crippen LogP contribution in [0.3, 0.4) is 0 Å². The van der Waals surface area contributed by atoms with Crippen LogP contribution in [0.4, 0.5) is 5.69 Å². The highest BCUT2D eigenvalue weighted by Crippen LogP contribution is 2.37. The SMILES string of the molecule is O=C(c1cc2c(cc1[N+](=O)[O-])OCCO2)N1CCC(NS(=O)(=O)c2cccs2)CC1. The zero-order valence-electron chi connectivity index (χ0n) is 15.8. The molecule has 12 heteroatoms. The Kier molecular flexibility index (Phi) is 5.62. The molecule has 0 spiro atoms. The molecule has 1 fully saturated rings. The van der Waals surface area contributed by atoms with E-state index >= 15 is 0 Å². The van der Waals surface area contributed by atoms with Crippen LogP contribution >= 0.6 is 11.3 Å². The third-order valence-corrected chi connectivity index (χ3v) is 7.87. The van der Waals surface area contributed by atoms with Crippen molar-refractivity contribution in [1.82, 2.24) is 9.62 Å². The van der Waals surface area contributed by atoms with Gasteiger partial charge in [0, 0.05) is 25.2 Å². The molecule has 0 bridgehead atoms. The van der Waals surface area contributed by atoms with E-state index in [-0.39, 0.29) is 46.9 Å². The number of sulfonamides is 1. The van der Waals surface area contributed by atoms with Crippen molar-refractivity contribution in [1.29, 1.82) is 0 Å². The summed E-state index contributed by atoms with van der Waals surface area (Å²) < 4.78 is 38.5. The number of likely N-dealkylation sites (tertiary alicyclic amines) is 1. The Morgan fingerprint density at radius 1 is 1.20 bits per heavy atom. The van der Waals surface area contributed by atoms with Gasteiger partial charge in [-0.25, -0.2) is 13.1 Å². The van der Waals surface area contributed by atoms with Crippen molar-refractivity contribution >= 4 is 33.0 Å². The Bertz CT molecular complexity index is 1060. The van der Waals surface area contributed by atoms with Crippen LogP contribution in [0.1, 0.15) is 23.2 Å². The summed E-state index contributed by atoms with van der Waals surface area (Å²) in [6.07, 6.45) is 0.823. The number of nitro benzene ring substituents is 1. The van der Waals surface area contributed by atoms with Gasteiger partial charge in [0.15, 0.2) is 11.5 Å². The number of hydrogen-bond donors (Lipinski definition) is 1. The molecule has 160 valence electrons. The number of nitrogens with zero attached hydrogens (tertiary/aromatic N) is 2. The maximum atomic E-state index is 13.0. The zero-order valence-corrected chi connectivity index (χ0v) is 17.4. The molecule has 1 amide bonds. The first-order chi connectivity index (χ1) is 14.3. The zero-order chi connectivity index (χ0) is 21.3. The number of rotatable bonds is 5. The summed E-state index contributed by atoms with van der Waals surface area (Å²) in [6.45, 7) is 1.14. The van der Waals surface area contributed by atoms with Crippen LogP contribution in [0.25, 0.3) is 0 Å². The third kappa shape index (κ3) is 4.11. The molecule has 30 heavy (non-hydrogen) atoms. The summed E-state index contributed by atoms with van der Waals surface area (Å²) in [5.41, 5.74) is -0.411. The molecule has 0 atom stereocenters. The van der Waals surface area contributed by atoms with Gasteiger partial charge in [0.05, 0.1) is 11.0 Å². The number of carbonyl (C=O) groups excluding carboxylic acids is 1. The predicted octanol–water partition coefficient (Wildman–Crippen LogP) is 2.01. The first-order valence-electron chi connectivity index (χ1n) is 9.28. The Morgan fingerprint density at radius 2 is 1.87 bits per heavy atom. The van der Waals surface area contributed by atoms with E-state index in [1.165, 1.54) is 23.1 Å². The van der Waals surface area contributed by atoms with Gasteiger partial charge < -0.3 is 14.4 Å². The monoisotopic (exact) mass is 453 g/mol. The maximum Gasteiger partial charge on any atom is 0.286 e. The average molecular weight is 453 g/mol. The molecule has 2 aliphatic heterocycles. The lowest BCUT2D eigenvalue weighted by Crippen LogP contribution is -2.46. The van der Waals surface area contributed by atoms with Crippen LogP contribution in [0.2, 0.25) is 0 Å². The van der Waals surface area contributed by atoms with Crippen molar-refractivity contribution in [2.75, 3.05) is 26.3 Å². The van der Waals surface area contributed by atoms with E-state index < -0.39 is 20.9 Å². The van der Waals surface area contributed by atoms with Crippen molar-refractivity contribution in [3.05, 3.63) is 45.3 Å². The Labute approximate surface area is 176 Å². The number of hydrogen-bond acceptors (Lipinski definition) is 8. The molecule has 2 aliphatic rings. The highest BCUT2D eigenvalue weighted by molar-refractivity contribution is 7.91. The molecule has 0 saturated carbocycles. The van der Waals surface area contributed by atoms with Crippen molar-refractivity contribution in [3.63, 3.8) is 0 Å². The number of ether oxygens (including phenoxy) is 2. The third-order valence-electron chi connectivity index (χ3n) is 4.95. The molecule has 0 unspecified atom stereocenters. The molecule has 1 aromatic carbocycles. The van der Waals surface area contributed by atoms with E-state index in [1.807, 2.05) is 0 Å². The number of thiophene rings is 1. The second-order valence-corrected chi connectivity index (χ2v) is 9.78. The second-order valence-electron chi connectivity index (χ2n) is 6.89. The van der Waals surface area contributed by atoms with E-state index in [4.69, 9.17) is 9.47 Å².